The fraction of sp³-hybridized carbons (Fsp3) is 0.350. The van der Waals surface area contributed by atoms with E-state index in [1.807, 2.05) is 24.3 Å². The number of carbonyl (C=O) groups excluding carboxylic acids is 2. The van der Waals surface area contributed by atoms with Crippen molar-refractivity contribution in [2.24, 2.45) is 5.92 Å². The zero-order valence-electron chi connectivity index (χ0n) is 14.6. The average molecular weight is 353 g/mol. The Morgan fingerprint density at radius 1 is 1.12 bits per heavy atom. The van der Waals surface area contributed by atoms with Crippen molar-refractivity contribution < 1.29 is 14.3 Å². The van der Waals surface area contributed by atoms with Gasteiger partial charge in [-0.25, -0.2) is 0 Å². The lowest BCUT2D eigenvalue weighted by Crippen LogP contribution is -2.27. The van der Waals surface area contributed by atoms with Gasteiger partial charge in [0.15, 0.2) is 0 Å². The maximum absolute atomic E-state index is 12.1. The van der Waals surface area contributed by atoms with E-state index < -0.39 is 0 Å². The first-order chi connectivity index (χ1) is 12.7. The van der Waals surface area contributed by atoms with E-state index in [4.69, 9.17) is 4.74 Å². The van der Waals surface area contributed by atoms with E-state index >= 15 is 0 Å². The molecule has 136 valence electrons. The average Bonchev–Trinajstić information content (AvgIpc) is 2.69. The Morgan fingerprint density at radius 3 is 2.58 bits per heavy atom. The van der Waals surface area contributed by atoms with Crippen molar-refractivity contribution in [2.45, 2.75) is 25.8 Å². The Labute approximate surface area is 153 Å². The van der Waals surface area contributed by atoms with Gasteiger partial charge in [0.05, 0.1) is 5.56 Å². The molecular weight excluding hydrogens is 330 g/mol. The first-order valence-electron chi connectivity index (χ1n) is 8.85. The lowest BCUT2D eigenvalue weighted by molar-refractivity contribution is -0.122. The summed E-state index contributed by atoms with van der Waals surface area (Å²) in [4.78, 5) is 28.1. The zero-order valence-corrected chi connectivity index (χ0v) is 14.6. The van der Waals surface area contributed by atoms with Crippen molar-refractivity contribution in [3.63, 3.8) is 0 Å². The highest BCUT2D eigenvalue weighted by molar-refractivity contribution is 6.03. The predicted molar refractivity (Wildman–Crippen MR) is 98.6 cm³/mol. The Hall–Kier alpha value is -2.73. The molecule has 2 N–H and O–H groups in total. The minimum absolute atomic E-state index is 0.0749. The molecular formula is C20H23N3O3. The summed E-state index contributed by atoms with van der Waals surface area (Å²) in [7, 11) is 0. The van der Waals surface area contributed by atoms with E-state index in [2.05, 4.69) is 15.6 Å². The number of nitrogens with one attached hydrogen (secondary N) is 2. The van der Waals surface area contributed by atoms with Crippen LogP contribution in [0.3, 0.4) is 0 Å². The van der Waals surface area contributed by atoms with Crippen LogP contribution in [0.1, 0.15) is 35.2 Å². The molecule has 0 atom stereocenters. The van der Waals surface area contributed by atoms with Gasteiger partial charge in [0, 0.05) is 44.3 Å². The lowest BCUT2D eigenvalue weighted by atomic mass is 9.96. The van der Waals surface area contributed by atoms with Crippen molar-refractivity contribution >= 4 is 17.5 Å². The van der Waals surface area contributed by atoms with Gasteiger partial charge in [0.25, 0.3) is 5.91 Å². The van der Waals surface area contributed by atoms with Gasteiger partial charge in [-0.2, -0.15) is 0 Å². The quantitative estimate of drug-likeness (QED) is 0.837. The first kappa shape index (κ1) is 18.1. The molecule has 2 aromatic rings. The molecule has 1 fully saturated rings. The third kappa shape index (κ3) is 5.39. The second-order valence-corrected chi connectivity index (χ2v) is 6.43. The summed E-state index contributed by atoms with van der Waals surface area (Å²) in [5, 5.41) is 5.78. The van der Waals surface area contributed by atoms with E-state index in [0.29, 0.717) is 30.1 Å². The summed E-state index contributed by atoms with van der Waals surface area (Å²) in [5.41, 5.74) is 2.21. The van der Waals surface area contributed by atoms with Crippen molar-refractivity contribution in [1.29, 1.82) is 0 Å². The third-order valence-corrected chi connectivity index (χ3v) is 4.44. The van der Waals surface area contributed by atoms with E-state index in [1.54, 1.807) is 18.3 Å². The van der Waals surface area contributed by atoms with Crippen LogP contribution >= 0.6 is 0 Å². The molecule has 0 spiro atoms. The molecule has 1 saturated heterocycles. The smallest absolute Gasteiger partial charge is 0.257 e. The van der Waals surface area contributed by atoms with E-state index in [9.17, 15) is 9.59 Å². The van der Waals surface area contributed by atoms with Crippen molar-refractivity contribution in [3.05, 3.63) is 59.9 Å². The maximum Gasteiger partial charge on any atom is 0.257 e. The Morgan fingerprint density at radius 2 is 1.88 bits per heavy atom. The molecule has 0 unspecified atom stereocenters. The fourth-order valence-electron chi connectivity index (χ4n) is 2.89. The summed E-state index contributed by atoms with van der Waals surface area (Å²) in [6, 6.07) is 10.9. The zero-order chi connectivity index (χ0) is 18.2. The fourth-order valence-corrected chi connectivity index (χ4v) is 2.89. The summed E-state index contributed by atoms with van der Waals surface area (Å²) in [6.45, 7) is 1.99. The van der Waals surface area contributed by atoms with Gasteiger partial charge in [0.2, 0.25) is 5.91 Å². The molecule has 2 heterocycles. The molecule has 6 heteroatoms. The number of benzene rings is 1. The summed E-state index contributed by atoms with van der Waals surface area (Å²) < 4.78 is 5.31. The summed E-state index contributed by atoms with van der Waals surface area (Å²) in [5.74, 6) is 0.301. The standard InChI is InChI=1S/C20H23N3O3/c24-19(12-15-7-10-26-11-8-15)22-13-16-3-5-18(6-4-16)23-20(25)17-2-1-9-21-14-17/h1-6,9,14-15H,7-8,10-13H2,(H,22,24)(H,23,25). The number of rotatable bonds is 6. The highest BCUT2D eigenvalue weighted by atomic mass is 16.5. The number of amides is 2. The first-order valence-corrected chi connectivity index (χ1v) is 8.85. The van der Waals surface area contributed by atoms with Gasteiger partial charge in [-0.1, -0.05) is 12.1 Å². The van der Waals surface area contributed by atoms with Gasteiger partial charge in [-0.15, -0.1) is 0 Å². The molecule has 0 bridgehead atoms. The molecule has 6 nitrogen and oxygen atoms in total. The van der Waals surface area contributed by atoms with Crippen LogP contribution in [0.15, 0.2) is 48.8 Å². The van der Waals surface area contributed by atoms with Crippen LogP contribution in [0.2, 0.25) is 0 Å². The molecule has 26 heavy (non-hydrogen) atoms. The van der Waals surface area contributed by atoms with Crippen molar-refractivity contribution in [3.8, 4) is 0 Å². The second-order valence-electron chi connectivity index (χ2n) is 6.43. The third-order valence-electron chi connectivity index (χ3n) is 4.44. The number of nitrogens with zero attached hydrogens (tertiary/aromatic N) is 1. The van der Waals surface area contributed by atoms with Crippen LogP contribution in [-0.2, 0) is 16.1 Å². The predicted octanol–water partition coefficient (Wildman–Crippen LogP) is 2.77. The number of pyridine rings is 1. The van der Waals surface area contributed by atoms with Gasteiger partial charge < -0.3 is 15.4 Å². The van der Waals surface area contributed by atoms with E-state index in [-0.39, 0.29) is 11.8 Å². The maximum atomic E-state index is 12.1. The molecule has 0 saturated carbocycles. The molecule has 0 radical (unpaired) electrons. The molecule has 1 aromatic carbocycles. The van der Waals surface area contributed by atoms with E-state index in [1.165, 1.54) is 6.20 Å². The topological polar surface area (TPSA) is 80.3 Å². The molecule has 1 aliphatic rings. The van der Waals surface area contributed by atoms with Crippen LogP contribution in [0.5, 0.6) is 0 Å². The highest BCUT2D eigenvalue weighted by Crippen LogP contribution is 2.18. The Kier molecular flexibility index (Phi) is 6.33. The van der Waals surface area contributed by atoms with Crippen LogP contribution in [0, 0.1) is 5.92 Å². The minimum atomic E-state index is -0.199. The summed E-state index contributed by atoms with van der Waals surface area (Å²) in [6.07, 6.45) is 5.62. The van der Waals surface area contributed by atoms with Crippen LogP contribution in [-0.4, -0.2) is 30.0 Å². The second kappa shape index (κ2) is 9.10. The van der Waals surface area contributed by atoms with Crippen LogP contribution in [0.4, 0.5) is 5.69 Å². The highest BCUT2D eigenvalue weighted by Gasteiger charge is 2.17. The van der Waals surface area contributed by atoms with E-state index in [0.717, 1.165) is 31.6 Å². The number of aromatic nitrogens is 1. The van der Waals surface area contributed by atoms with Gasteiger partial charge >= 0.3 is 0 Å². The van der Waals surface area contributed by atoms with Gasteiger partial charge in [-0.3, -0.25) is 14.6 Å². The number of anilines is 1. The monoisotopic (exact) mass is 353 g/mol. The number of ether oxygens (including phenoxy) is 1. The molecule has 2 amide bonds. The van der Waals surface area contributed by atoms with Crippen LogP contribution < -0.4 is 10.6 Å². The van der Waals surface area contributed by atoms with Gasteiger partial charge in [0.1, 0.15) is 0 Å². The summed E-state index contributed by atoms with van der Waals surface area (Å²) >= 11 is 0. The van der Waals surface area contributed by atoms with Crippen molar-refractivity contribution in [1.82, 2.24) is 10.3 Å². The number of hydrogen-bond donors (Lipinski definition) is 2. The van der Waals surface area contributed by atoms with Crippen LogP contribution in [0.25, 0.3) is 0 Å². The largest absolute Gasteiger partial charge is 0.381 e. The molecule has 3 rings (SSSR count). The van der Waals surface area contributed by atoms with Gasteiger partial charge in [-0.05, 0) is 48.6 Å². The Balaban J connectivity index is 1.45. The SMILES string of the molecule is O=C(CC1CCOCC1)NCc1ccc(NC(=O)c2cccnc2)cc1. The molecule has 0 aliphatic carbocycles. The molecule has 1 aliphatic heterocycles. The minimum Gasteiger partial charge on any atom is -0.381 e. The number of hydrogen-bond acceptors (Lipinski definition) is 4. The molecule has 1 aromatic heterocycles. The van der Waals surface area contributed by atoms with Crippen molar-refractivity contribution in [2.75, 3.05) is 18.5 Å². The lowest BCUT2D eigenvalue weighted by Gasteiger charge is -2.21. The normalized spacial score (nSPS) is 14.6. The Bertz CT molecular complexity index is 726. The number of carbonyl (C=O) groups is 2.